The molecule has 0 spiro atoms. The van der Waals surface area contributed by atoms with Crippen molar-refractivity contribution in [1.82, 2.24) is 9.21 Å². The molecule has 6 nitrogen and oxygen atoms in total. The molecule has 1 heterocycles. The molecular weight excluding hydrogens is 475 g/mol. The Kier molecular flexibility index (Phi) is 6.84. The molecule has 1 saturated heterocycles. The number of hydrogen-bond donors (Lipinski definition) is 0. The zero-order valence-electron chi connectivity index (χ0n) is 16.2. The SMILES string of the molecule is CC(=O)c1ccc(S(=O)(=O)N2CCN(C(=O)/C=C/c3cc(Br)ccc3F)CC2)cc1. The number of piperazine rings is 1. The minimum Gasteiger partial charge on any atom is -0.337 e. The molecular formula is C21H20BrFN2O4S. The molecule has 0 aliphatic carbocycles. The monoisotopic (exact) mass is 494 g/mol. The number of Topliss-reactive ketones (excluding diaryl/α,β-unsaturated/α-hetero) is 1. The largest absolute Gasteiger partial charge is 0.337 e. The second-order valence-electron chi connectivity index (χ2n) is 6.81. The summed E-state index contributed by atoms with van der Waals surface area (Å²) in [5.41, 5.74) is 0.728. The van der Waals surface area contributed by atoms with E-state index in [4.69, 9.17) is 0 Å². The van der Waals surface area contributed by atoms with Crippen molar-refractivity contribution in [3.8, 4) is 0 Å². The van der Waals surface area contributed by atoms with Gasteiger partial charge in [-0.25, -0.2) is 12.8 Å². The zero-order chi connectivity index (χ0) is 21.9. The van der Waals surface area contributed by atoms with Crippen LogP contribution in [-0.2, 0) is 14.8 Å². The lowest BCUT2D eigenvalue weighted by molar-refractivity contribution is -0.127. The third-order valence-corrected chi connectivity index (χ3v) is 7.22. The Bertz CT molecular complexity index is 1090. The van der Waals surface area contributed by atoms with Crippen LogP contribution >= 0.6 is 15.9 Å². The molecule has 9 heteroatoms. The summed E-state index contributed by atoms with van der Waals surface area (Å²) in [6.45, 7) is 2.19. The van der Waals surface area contributed by atoms with E-state index in [0.29, 0.717) is 10.0 Å². The summed E-state index contributed by atoms with van der Waals surface area (Å²) in [4.78, 5) is 25.4. The van der Waals surface area contributed by atoms with E-state index in [-0.39, 0.29) is 48.3 Å². The van der Waals surface area contributed by atoms with Crippen molar-refractivity contribution < 1.29 is 22.4 Å². The molecule has 30 heavy (non-hydrogen) atoms. The Balaban J connectivity index is 1.63. The topological polar surface area (TPSA) is 74.8 Å². The Hall–Kier alpha value is -2.36. The number of benzene rings is 2. The minimum atomic E-state index is -3.71. The second-order valence-corrected chi connectivity index (χ2v) is 9.66. The van der Waals surface area contributed by atoms with E-state index in [9.17, 15) is 22.4 Å². The second kappa shape index (κ2) is 9.20. The van der Waals surface area contributed by atoms with Crippen molar-refractivity contribution >= 4 is 43.7 Å². The van der Waals surface area contributed by atoms with Crippen molar-refractivity contribution in [2.24, 2.45) is 0 Å². The van der Waals surface area contributed by atoms with Gasteiger partial charge in [-0.1, -0.05) is 28.1 Å². The molecule has 1 fully saturated rings. The van der Waals surface area contributed by atoms with Crippen LogP contribution in [0, 0.1) is 5.82 Å². The molecule has 158 valence electrons. The Morgan fingerprint density at radius 1 is 1.03 bits per heavy atom. The van der Waals surface area contributed by atoms with Gasteiger partial charge in [-0.05, 0) is 43.3 Å². The summed E-state index contributed by atoms with van der Waals surface area (Å²) in [7, 11) is -3.71. The number of rotatable bonds is 5. The zero-order valence-corrected chi connectivity index (χ0v) is 18.6. The first-order valence-electron chi connectivity index (χ1n) is 9.21. The van der Waals surface area contributed by atoms with E-state index in [1.54, 1.807) is 12.1 Å². The molecule has 3 rings (SSSR count). The molecule has 2 aromatic carbocycles. The van der Waals surface area contributed by atoms with Gasteiger partial charge >= 0.3 is 0 Å². The van der Waals surface area contributed by atoms with E-state index in [1.807, 2.05) is 0 Å². The van der Waals surface area contributed by atoms with Crippen LogP contribution in [0.5, 0.6) is 0 Å². The molecule has 1 aliphatic heterocycles. The van der Waals surface area contributed by atoms with Gasteiger partial charge in [-0.3, -0.25) is 9.59 Å². The summed E-state index contributed by atoms with van der Waals surface area (Å²) in [5, 5.41) is 0. The van der Waals surface area contributed by atoms with Crippen LogP contribution in [-0.4, -0.2) is 55.5 Å². The number of hydrogen-bond acceptors (Lipinski definition) is 4. The fourth-order valence-electron chi connectivity index (χ4n) is 3.07. The third kappa shape index (κ3) is 5.03. The van der Waals surface area contributed by atoms with Gasteiger partial charge in [0.2, 0.25) is 15.9 Å². The normalized spacial score (nSPS) is 15.5. The minimum absolute atomic E-state index is 0.109. The summed E-state index contributed by atoms with van der Waals surface area (Å²) < 4.78 is 41.4. The Morgan fingerprint density at radius 2 is 1.67 bits per heavy atom. The first-order valence-corrected chi connectivity index (χ1v) is 11.4. The van der Waals surface area contributed by atoms with Gasteiger partial charge in [0, 0.05) is 47.9 Å². The van der Waals surface area contributed by atoms with Crippen molar-refractivity contribution in [2.75, 3.05) is 26.2 Å². The first-order chi connectivity index (χ1) is 14.2. The molecule has 2 aromatic rings. The van der Waals surface area contributed by atoms with Gasteiger partial charge in [-0.2, -0.15) is 4.31 Å². The predicted molar refractivity (Wildman–Crippen MR) is 115 cm³/mol. The van der Waals surface area contributed by atoms with Crippen LogP contribution in [0.15, 0.2) is 57.9 Å². The molecule has 0 saturated carbocycles. The summed E-state index contributed by atoms with van der Waals surface area (Å²) in [5.74, 6) is -0.881. The average molecular weight is 495 g/mol. The van der Waals surface area contributed by atoms with E-state index >= 15 is 0 Å². The molecule has 0 aromatic heterocycles. The number of halogens is 2. The van der Waals surface area contributed by atoms with Crippen molar-refractivity contribution in [2.45, 2.75) is 11.8 Å². The third-order valence-electron chi connectivity index (χ3n) is 4.81. The molecule has 0 radical (unpaired) electrons. The van der Waals surface area contributed by atoms with Crippen molar-refractivity contribution in [3.63, 3.8) is 0 Å². The van der Waals surface area contributed by atoms with Gasteiger partial charge in [0.25, 0.3) is 0 Å². The summed E-state index contributed by atoms with van der Waals surface area (Å²) in [6, 6.07) is 10.3. The molecule has 0 atom stereocenters. The fourth-order valence-corrected chi connectivity index (χ4v) is 4.87. The standard InChI is InChI=1S/C21H20BrFN2O4S/c1-15(26)16-2-6-19(7-3-16)30(28,29)25-12-10-24(11-13-25)21(27)9-4-17-14-18(22)5-8-20(17)23/h2-9,14H,10-13H2,1H3/b9-4+. The van der Waals surface area contributed by atoms with Crippen LogP contribution in [0.2, 0.25) is 0 Å². The fraction of sp³-hybridized carbons (Fsp3) is 0.238. The summed E-state index contributed by atoms with van der Waals surface area (Å²) >= 11 is 3.26. The van der Waals surface area contributed by atoms with Gasteiger partial charge < -0.3 is 4.90 Å². The van der Waals surface area contributed by atoms with E-state index < -0.39 is 15.8 Å². The molecule has 1 aliphatic rings. The highest BCUT2D eigenvalue weighted by atomic mass is 79.9. The van der Waals surface area contributed by atoms with Gasteiger partial charge in [0.1, 0.15) is 5.82 Å². The summed E-state index contributed by atoms with van der Waals surface area (Å²) in [6.07, 6.45) is 2.69. The quantitative estimate of drug-likeness (QED) is 0.471. The van der Waals surface area contributed by atoms with Crippen LogP contribution in [0.3, 0.4) is 0 Å². The van der Waals surface area contributed by atoms with Gasteiger partial charge in [0.05, 0.1) is 4.90 Å². The average Bonchev–Trinajstić information content (AvgIpc) is 2.74. The van der Waals surface area contributed by atoms with E-state index in [2.05, 4.69) is 15.9 Å². The van der Waals surface area contributed by atoms with Gasteiger partial charge in [0.15, 0.2) is 5.78 Å². The first kappa shape index (κ1) is 22.3. The molecule has 0 bridgehead atoms. The maximum atomic E-state index is 13.8. The maximum Gasteiger partial charge on any atom is 0.246 e. The molecule has 0 unspecified atom stereocenters. The lowest BCUT2D eigenvalue weighted by Gasteiger charge is -2.33. The lowest BCUT2D eigenvalue weighted by Crippen LogP contribution is -2.50. The van der Waals surface area contributed by atoms with Crippen LogP contribution in [0.1, 0.15) is 22.8 Å². The van der Waals surface area contributed by atoms with E-state index in [1.165, 1.54) is 58.6 Å². The maximum absolute atomic E-state index is 13.8. The van der Waals surface area contributed by atoms with Crippen LogP contribution in [0.4, 0.5) is 4.39 Å². The smallest absolute Gasteiger partial charge is 0.246 e. The highest BCUT2D eigenvalue weighted by molar-refractivity contribution is 9.10. The van der Waals surface area contributed by atoms with Crippen molar-refractivity contribution in [1.29, 1.82) is 0 Å². The number of sulfonamides is 1. The number of ketones is 1. The molecule has 1 amide bonds. The lowest BCUT2D eigenvalue weighted by atomic mass is 10.2. The van der Waals surface area contributed by atoms with Gasteiger partial charge in [-0.15, -0.1) is 0 Å². The number of carbonyl (C=O) groups is 2. The highest BCUT2D eigenvalue weighted by Gasteiger charge is 2.29. The Labute approximate surface area is 183 Å². The number of nitrogens with zero attached hydrogens (tertiary/aromatic N) is 2. The Morgan fingerprint density at radius 3 is 2.27 bits per heavy atom. The highest BCUT2D eigenvalue weighted by Crippen LogP contribution is 2.20. The van der Waals surface area contributed by atoms with E-state index in [0.717, 1.165) is 0 Å². The number of carbonyl (C=O) groups excluding carboxylic acids is 2. The van der Waals surface area contributed by atoms with Crippen molar-refractivity contribution in [3.05, 3.63) is 70.0 Å². The van der Waals surface area contributed by atoms with Crippen LogP contribution < -0.4 is 0 Å². The van der Waals surface area contributed by atoms with Crippen LogP contribution in [0.25, 0.3) is 6.08 Å². The molecule has 0 N–H and O–H groups in total. The number of amides is 1. The predicted octanol–water partition coefficient (Wildman–Crippen LogP) is 3.34.